The molecule has 0 saturated carbocycles. The molecule has 0 aliphatic carbocycles. The molecule has 0 atom stereocenters. The Balaban J connectivity index is 1.71. The Morgan fingerprint density at radius 1 is 1.20 bits per heavy atom. The molecule has 0 saturated heterocycles. The van der Waals surface area contributed by atoms with E-state index < -0.39 is 0 Å². The summed E-state index contributed by atoms with van der Waals surface area (Å²) in [5.74, 6) is 0.748. The number of thiophene rings is 1. The van der Waals surface area contributed by atoms with Crippen LogP contribution in [0.5, 0.6) is 0 Å². The lowest BCUT2D eigenvalue weighted by Crippen LogP contribution is -2.28. The highest BCUT2D eigenvalue weighted by molar-refractivity contribution is 7.98. The molecule has 0 unspecified atom stereocenters. The number of rotatable bonds is 7. The first-order chi connectivity index (χ1) is 12.2. The lowest BCUT2D eigenvalue weighted by atomic mass is 10.2. The van der Waals surface area contributed by atoms with Crippen molar-refractivity contribution in [3.8, 4) is 0 Å². The zero-order valence-electron chi connectivity index (χ0n) is 13.9. The highest BCUT2D eigenvalue weighted by atomic mass is 32.2. The van der Waals surface area contributed by atoms with Gasteiger partial charge in [0.1, 0.15) is 5.76 Å². The van der Waals surface area contributed by atoms with Crippen LogP contribution in [0, 0.1) is 0 Å². The van der Waals surface area contributed by atoms with E-state index in [1.165, 1.54) is 4.90 Å². The highest BCUT2D eigenvalue weighted by Crippen LogP contribution is 2.17. The minimum absolute atomic E-state index is 0.0310. The van der Waals surface area contributed by atoms with Crippen LogP contribution in [0.3, 0.4) is 0 Å². The van der Waals surface area contributed by atoms with Gasteiger partial charge < -0.3 is 9.32 Å². The zero-order valence-corrected chi connectivity index (χ0v) is 15.6. The van der Waals surface area contributed by atoms with E-state index in [9.17, 15) is 4.79 Å². The summed E-state index contributed by atoms with van der Waals surface area (Å²) in [6.45, 7) is 1.02. The normalized spacial score (nSPS) is 11.1. The molecular weight excluding hydrogens is 350 g/mol. The standard InChI is InChI=1S/C20H19NO2S2/c1-24-19-7-4-16(5-8-19)6-9-20(22)21(13-17-10-12-25-15-17)14-18-3-2-11-23-18/h2-12,15H,13-14H2,1H3/b9-6+. The Bertz CT molecular complexity index is 770. The molecule has 2 heterocycles. The van der Waals surface area contributed by atoms with Crippen LogP contribution >= 0.6 is 23.1 Å². The molecule has 0 bridgehead atoms. The van der Waals surface area contributed by atoms with E-state index >= 15 is 0 Å². The van der Waals surface area contributed by atoms with Crippen LogP contribution in [0.4, 0.5) is 0 Å². The first-order valence-corrected chi connectivity index (χ1v) is 10.1. The Morgan fingerprint density at radius 3 is 2.68 bits per heavy atom. The first kappa shape index (κ1) is 17.6. The molecule has 2 aromatic heterocycles. The van der Waals surface area contributed by atoms with Gasteiger partial charge >= 0.3 is 0 Å². The maximum absolute atomic E-state index is 12.7. The van der Waals surface area contributed by atoms with Gasteiger partial charge in [0.15, 0.2) is 0 Å². The molecule has 3 nitrogen and oxygen atoms in total. The molecule has 3 rings (SSSR count). The predicted octanol–water partition coefficient (Wildman–Crippen LogP) is 5.31. The fourth-order valence-corrected chi connectivity index (χ4v) is 3.46. The average Bonchev–Trinajstić information content (AvgIpc) is 3.33. The van der Waals surface area contributed by atoms with Crippen molar-refractivity contribution in [2.24, 2.45) is 0 Å². The first-order valence-electron chi connectivity index (χ1n) is 7.89. The van der Waals surface area contributed by atoms with Gasteiger partial charge in [-0.2, -0.15) is 11.3 Å². The van der Waals surface area contributed by atoms with Crippen LogP contribution in [-0.4, -0.2) is 17.1 Å². The van der Waals surface area contributed by atoms with Crippen molar-refractivity contribution in [2.45, 2.75) is 18.0 Å². The van der Waals surface area contributed by atoms with Gasteiger partial charge in [-0.1, -0.05) is 12.1 Å². The van der Waals surface area contributed by atoms with Crippen LogP contribution in [-0.2, 0) is 17.9 Å². The predicted molar refractivity (Wildman–Crippen MR) is 105 cm³/mol. The summed E-state index contributed by atoms with van der Waals surface area (Å²) in [6, 6.07) is 13.9. The summed E-state index contributed by atoms with van der Waals surface area (Å²) in [4.78, 5) is 15.7. The topological polar surface area (TPSA) is 33.5 Å². The third-order valence-corrected chi connectivity index (χ3v) is 5.20. The maximum Gasteiger partial charge on any atom is 0.247 e. The fourth-order valence-electron chi connectivity index (χ4n) is 2.39. The second-order valence-electron chi connectivity index (χ2n) is 5.51. The van der Waals surface area contributed by atoms with Crippen molar-refractivity contribution in [3.63, 3.8) is 0 Å². The van der Waals surface area contributed by atoms with Crippen LogP contribution in [0.15, 0.2) is 74.9 Å². The lowest BCUT2D eigenvalue weighted by molar-refractivity contribution is -0.127. The Labute approximate surface area is 156 Å². The molecule has 0 spiro atoms. The Hall–Kier alpha value is -2.24. The number of hydrogen-bond donors (Lipinski definition) is 0. The van der Waals surface area contributed by atoms with Crippen molar-refractivity contribution in [1.82, 2.24) is 4.90 Å². The van der Waals surface area contributed by atoms with Crippen molar-refractivity contribution < 1.29 is 9.21 Å². The van der Waals surface area contributed by atoms with Crippen molar-refractivity contribution in [1.29, 1.82) is 0 Å². The van der Waals surface area contributed by atoms with Gasteiger partial charge in [0, 0.05) is 17.5 Å². The summed E-state index contributed by atoms with van der Waals surface area (Å²) >= 11 is 3.34. The minimum Gasteiger partial charge on any atom is -0.467 e. The second-order valence-corrected chi connectivity index (χ2v) is 7.17. The molecule has 5 heteroatoms. The van der Waals surface area contributed by atoms with E-state index in [0.717, 1.165) is 16.9 Å². The third-order valence-electron chi connectivity index (χ3n) is 3.73. The van der Waals surface area contributed by atoms with Crippen LogP contribution < -0.4 is 0 Å². The number of nitrogens with zero attached hydrogens (tertiary/aromatic N) is 1. The molecule has 0 aliphatic heterocycles. The van der Waals surface area contributed by atoms with E-state index in [-0.39, 0.29) is 5.91 Å². The monoisotopic (exact) mass is 369 g/mol. The molecule has 0 N–H and O–H groups in total. The Morgan fingerprint density at radius 2 is 2.04 bits per heavy atom. The number of hydrogen-bond acceptors (Lipinski definition) is 4. The van der Waals surface area contributed by atoms with Gasteiger partial charge in [0.05, 0.1) is 12.8 Å². The van der Waals surface area contributed by atoms with Gasteiger partial charge in [-0.3, -0.25) is 4.79 Å². The SMILES string of the molecule is CSc1ccc(/C=C/C(=O)N(Cc2ccsc2)Cc2ccco2)cc1. The molecule has 1 amide bonds. The molecule has 0 aliphatic rings. The van der Waals surface area contributed by atoms with Gasteiger partial charge in [-0.05, 0) is 64.6 Å². The van der Waals surface area contributed by atoms with E-state index in [4.69, 9.17) is 4.42 Å². The van der Waals surface area contributed by atoms with Gasteiger partial charge in [-0.15, -0.1) is 11.8 Å². The molecule has 128 valence electrons. The number of carbonyl (C=O) groups excluding carboxylic acids is 1. The third kappa shape index (κ3) is 5.11. The second kappa shape index (κ2) is 8.74. The fraction of sp³-hybridized carbons (Fsp3) is 0.150. The Kier molecular flexibility index (Phi) is 6.14. The number of thioether (sulfide) groups is 1. The van der Waals surface area contributed by atoms with Crippen LogP contribution in [0.1, 0.15) is 16.9 Å². The maximum atomic E-state index is 12.7. The van der Waals surface area contributed by atoms with E-state index in [1.807, 2.05) is 48.0 Å². The summed E-state index contributed by atoms with van der Waals surface area (Å²) in [5, 5.41) is 4.08. The zero-order chi connectivity index (χ0) is 17.5. The molecule has 0 radical (unpaired) electrons. The van der Waals surface area contributed by atoms with Crippen LogP contribution in [0.25, 0.3) is 6.08 Å². The summed E-state index contributed by atoms with van der Waals surface area (Å²) in [5.41, 5.74) is 2.14. The minimum atomic E-state index is -0.0310. The van der Waals surface area contributed by atoms with Crippen molar-refractivity contribution in [2.75, 3.05) is 6.26 Å². The number of benzene rings is 1. The van der Waals surface area contributed by atoms with Crippen molar-refractivity contribution in [3.05, 3.63) is 82.5 Å². The lowest BCUT2D eigenvalue weighted by Gasteiger charge is -2.19. The molecular formula is C20H19NO2S2. The summed E-state index contributed by atoms with van der Waals surface area (Å²) in [6.07, 6.45) is 7.16. The largest absolute Gasteiger partial charge is 0.467 e. The van der Waals surface area contributed by atoms with Crippen LogP contribution in [0.2, 0.25) is 0 Å². The van der Waals surface area contributed by atoms with Gasteiger partial charge in [-0.25, -0.2) is 0 Å². The number of furan rings is 1. The van der Waals surface area contributed by atoms with Crippen molar-refractivity contribution >= 4 is 35.1 Å². The highest BCUT2D eigenvalue weighted by Gasteiger charge is 2.14. The number of amides is 1. The summed E-state index contributed by atoms with van der Waals surface area (Å²) in [7, 11) is 0. The van der Waals surface area contributed by atoms with Gasteiger partial charge in [0.2, 0.25) is 5.91 Å². The molecule has 1 aromatic carbocycles. The summed E-state index contributed by atoms with van der Waals surface area (Å²) < 4.78 is 5.40. The smallest absolute Gasteiger partial charge is 0.247 e. The molecule has 0 fully saturated rings. The number of carbonyl (C=O) groups is 1. The van der Waals surface area contributed by atoms with E-state index in [1.54, 1.807) is 40.3 Å². The van der Waals surface area contributed by atoms with Gasteiger partial charge in [0.25, 0.3) is 0 Å². The van der Waals surface area contributed by atoms with E-state index in [0.29, 0.717) is 13.1 Å². The molecule has 3 aromatic rings. The quantitative estimate of drug-likeness (QED) is 0.418. The van der Waals surface area contributed by atoms with E-state index in [2.05, 4.69) is 17.5 Å². The average molecular weight is 370 g/mol. The molecule has 25 heavy (non-hydrogen) atoms.